The molecule has 18 heavy (non-hydrogen) atoms. The van der Waals surface area contributed by atoms with Crippen LogP contribution in [0.2, 0.25) is 0 Å². The third kappa shape index (κ3) is 8.98. The Bertz CT molecular complexity index is 265. The number of carbonyl (C=O) groups excluding carboxylic acids is 2. The fourth-order valence-corrected chi connectivity index (χ4v) is 1.18. The Labute approximate surface area is 110 Å². The van der Waals surface area contributed by atoms with Crippen LogP contribution in [0.1, 0.15) is 34.6 Å². The van der Waals surface area contributed by atoms with Gasteiger partial charge in [0.05, 0.1) is 12.6 Å². The summed E-state index contributed by atoms with van der Waals surface area (Å²) in [7, 11) is 0. The van der Waals surface area contributed by atoms with Gasteiger partial charge in [-0.3, -0.25) is 14.9 Å². The van der Waals surface area contributed by atoms with Gasteiger partial charge >= 0.3 is 0 Å². The molecule has 0 spiro atoms. The SMILES string of the molecule is CC(C)CNC(=O)CNC(C)C(=O)NCC(C)C. The molecule has 0 radical (unpaired) electrons. The Morgan fingerprint density at radius 2 is 1.39 bits per heavy atom. The lowest BCUT2D eigenvalue weighted by molar-refractivity contribution is -0.123. The predicted octanol–water partition coefficient (Wildman–Crippen LogP) is 0.509. The Hall–Kier alpha value is -1.10. The molecule has 2 amide bonds. The van der Waals surface area contributed by atoms with Gasteiger partial charge in [0.2, 0.25) is 11.8 Å². The van der Waals surface area contributed by atoms with Crippen LogP contribution in [0, 0.1) is 11.8 Å². The number of amides is 2. The van der Waals surface area contributed by atoms with E-state index in [1.807, 2.05) is 27.7 Å². The first-order valence-electron chi connectivity index (χ1n) is 6.60. The van der Waals surface area contributed by atoms with Crippen molar-refractivity contribution in [2.24, 2.45) is 11.8 Å². The molecule has 106 valence electrons. The fourth-order valence-electron chi connectivity index (χ4n) is 1.18. The number of nitrogens with one attached hydrogen (secondary N) is 3. The second kappa shape index (κ2) is 8.91. The van der Waals surface area contributed by atoms with E-state index in [-0.39, 0.29) is 24.4 Å². The first-order chi connectivity index (χ1) is 8.32. The van der Waals surface area contributed by atoms with E-state index in [0.29, 0.717) is 24.9 Å². The number of hydrogen-bond acceptors (Lipinski definition) is 3. The van der Waals surface area contributed by atoms with Gasteiger partial charge in [-0.2, -0.15) is 0 Å². The van der Waals surface area contributed by atoms with Gasteiger partial charge in [0.1, 0.15) is 0 Å². The molecule has 1 atom stereocenters. The minimum Gasteiger partial charge on any atom is -0.355 e. The normalized spacial score (nSPS) is 12.6. The molecule has 0 saturated carbocycles. The largest absolute Gasteiger partial charge is 0.355 e. The van der Waals surface area contributed by atoms with Crippen molar-refractivity contribution < 1.29 is 9.59 Å². The van der Waals surface area contributed by atoms with Gasteiger partial charge in [-0.25, -0.2) is 0 Å². The van der Waals surface area contributed by atoms with E-state index in [9.17, 15) is 9.59 Å². The van der Waals surface area contributed by atoms with Crippen molar-refractivity contribution in [3.05, 3.63) is 0 Å². The third-order valence-electron chi connectivity index (χ3n) is 2.35. The highest BCUT2D eigenvalue weighted by atomic mass is 16.2. The molecule has 0 aliphatic carbocycles. The zero-order valence-electron chi connectivity index (χ0n) is 12.2. The van der Waals surface area contributed by atoms with Crippen LogP contribution in [0.15, 0.2) is 0 Å². The van der Waals surface area contributed by atoms with Crippen LogP contribution in [-0.2, 0) is 9.59 Å². The topological polar surface area (TPSA) is 70.2 Å². The quantitative estimate of drug-likeness (QED) is 0.593. The molecule has 0 aromatic rings. The predicted molar refractivity (Wildman–Crippen MR) is 73.2 cm³/mol. The smallest absolute Gasteiger partial charge is 0.236 e. The average Bonchev–Trinajstić information content (AvgIpc) is 2.30. The van der Waals surface area contributed by atoms with Gasteiger partial charge in [0, 0.05) is 13.1 Å². The van der Waals surface area contributed by atoms with Crippen molar-refractivity contribution in [3.63, 3.8) is 0 Å². The molecule has 1 unspecified atom stereocenters. The molecular weight excluding hydrogens is 230 g/mol. The number of rotatable bonds is 8. The lowest BCUT2D eigenvalue weighted by Crippen LogP contribution is -2.47. The summed E-state index contributed by atoms with van der Waals surface area (Å²) in [5, 5.41) is 8.52. The molecule has 3 N–H and O–H groups in total. The second-order valence-electron chi connectivity index (χ2n) is 5.44. The van der Waals surface area contributed by atoms with Gasteiger partial charge in [0.15, 0.2) is 0 Å². The standard InChI is InChI=1S/C13H27N3O2/c1-9(2)6-15-12(17)8-14-11(5)13(18)16-7-10(3)4/h9-11,14H,6-8H2,1-5H3,(H,15,17)(H,16,18). The van der Waals surface area contributed by atoms with Gasteiger partial charge < -0.3 is 10.6 Å². The molecule has 0 aromatic heterocycles. The Balaban J connectivity index is 3.77. The zero-order chi connectivity index (χ0) is 14.1. The van der Waals surface area contributed by atoms with Crippen molar-refractivity contribution in [2.75, 3.05) is 19.6 Å². The van der Waals surface area contributed by atoms with Gasteiger partial charge in [-0.15, -0.1) is 0 Å². The highest BCUT2D eigenvalue weighted by molar-refractivity contribution is 5.83. The summed E-state index contributed by atoms with van der Waals surface area (Å²) in [5.74, 6) is 0.712. The second-order valence-corrected chi connectivity index (χ2v) is 5.44. The minimum absolute atomic E-state index is 0.0691. The van der Waals surface area contributed by atoms with E-state index in [1.54, 1.807) is 6.92 Å². The maximum Gasteiger partial charge on any atom is 0.236 e. The molecule has 0 bridgehead atoms. The molecule has 0 heterocycles. The first-order valence-corrected chi connectivity index (χ1v) is 6.60. The van der Waals surface area contributed by atoms with Gasteiger partial charge in [0.25, 0.3) is 0 Å². The summed E-state index contributed by atoms with van der Waals surface area (Å²) in [5.41, 5.74) is 0. The molecule has 0 saturated heterocycles. The molecule has 0 aliphatic heterocycles. The van der Waals surface area contributed by atoms with Crippen LogP contribution in [0.25, 0.3) is 0 Å². The van der Waals surface area contributed by atoms with E-state index in [4.69, 9.17) is 0 Å². The van der Waals surface area contributed by atoms with Crippen LogP contribution in [0.5, 0.6) is 0 Å². The summed E-state index contributed by atoms with van der Waals surface area (Å²) in [4.78, 5) is 23.1. The van der Waals surface area contributed by atoms with Crippen molar-refractivity contribution in [3.8, 4) is 0 Å². The van der Waals surface area contributed by atoms with Crippen LogP contribution < -0.4 is 16.0 Å². The Kier molecular flexibility index (Phi) is 8.37. The zero-order valence-corrected chi connectivity index (χ0v) is 12.2. The number of carbonyl (C=O) groups is 2. The van der Waals surface area contributed by atoms with Crippen LogP contribution in [0.3, 0.4) is 0 Å². The molecule has 5 heteroatoms. The van der Waals surface area contributed by atoms with Crippen molar-refractivity contribution in [1.29, 1.82) is 0 Å². The summed E-state index contributed by atoms with van der Waals surface area (Å²) in [6, 6.07) is -0.353. The van der Waals surface area contributed by atoms with Crippen molar-refractivity contribution >= 4 is 11.8 Å². The van der Waals surface area contributed by atoms with Crippen molar-refractivity contribution in [2.45, 2.75) is 40.7 Å². The third-order valence-corrected chi connectivity index (χ3v) is 2.35. The maximum absolute atomic E-state index is 11.6. The minimum atomic E-state index is -0.353. The summed E-state index contributed by atoms with van der Waals surface area (Å²) >= 11 is 0. The highest BCUT2D eigenvalue weighted by Gasteiger charge is 2.13. The summed E-state index contributed by atoms with van der Waals surface area (Å²) in [6.45, 7) is 11.4. The number of hydrogen-bond donors (Lipinski definition) is 3. The molecule has 5 nitrogen and oxygen atoms in total. The van der Waals surface area contributed by atoms with E-state index in [2.05, 4.69) is 16.0 Å². The molecule has 0 fully saturated rings. The average molecular weight is 257 g/mol. The lowest BCUT2D eigenvalue weighted by Gasteiger charge is -2.15. The van der Waals surface area contributed by atoms with Gasteiger partial charge in [-0.1, -0.05) is 27.7 Å². The summed E-state index contributed by atoms with van der Waals surface area (Å²) in [6.07, 6.45) is 0. The monoisotopic (exact) mass is 257 g/mol. The summed E-state index contributed by atoms with van der Waals surface area (Å²) < 4.78 is 0. The van der Waals surface area contributed by atoms with Crippen LogP contribution >= 0.6 is 0 Å². The molecular formula is C13H27N3O2. The first kappa shape index (κ1) is 16.9. The maximum atomic E-state index is 11.6. The van der Waals surface area contributed by atoms with Crippen LogP contribution in [-0.4, -0.2) is 37.5 Å². The fraction of sp³-hybridized carbons (Fsp3) is 0.846. The van der Waals surface area contributed by atoms with E-state index >= 15 is 0 Å². The van der Waals surface area contributed by atoms with Gasteiger partial charge in [-0.05, 0) is 18.8 Å². The van der Waals surface area contributed by atoms with Crippen LogP contribution in [0.4, 0.5) is 0 Å². The van der Waals surface area contributed by atoms with E-state index in [1.165, 1.54) is 0 Å². The van der Waals surface area contributed by atoms with Crippen molar-refractivity contribution in [1.82, 2.24) is 16.0 Å². The van der Waals surface area contributed by atoms with E-state index in [0.717, 1.165) is 0 Å². The lowest BCUT2D eigenvalue weighted by atomic mass is 10.2. The Morgan fingerprint density at radius 3 is 1.89 bits per heavy atom. The highest BCUT2D eigenvalue weighted by Crippen LogP contribution is 1.89. The molecule has 0 aromatic carbocycles. The molecule has 0 aliphatic rings. The van der Waals surface area contributed by atoms with E-state index < -0.39 is 0 Å². The molecule has 0 rings (SSSR count). The Morgan fingerprint density at radius 1 is 0.889 bits per heavy atom.